The third kappa shape index (κ3) is 6.29. The van der Waals surface area contributed by atoms with Crippen molar-refractivity contribution in [2.75, 3.05) is 6.54 Å². The lowest BCUT2D eigenvalue weighted by molar-refractivity contribution is -0.122. The van der Waals surface area contributed by atoms with Crippen LogP contribution in [0.5, 0.6) is 0 Å². The van der Waals surface area contributed by atoms with Gasteiger partial charge in [0.05, 0.1) is 4.88 Å². The number of thiophene rings is 1. The Bertz CT molecular complexity index is 968. The van der Waals surface area contributed by atoms with Crippen molar-refractivity contribution < 1.29 is 9.59 Å². The van der Waals surface area contributed by atoms with Gasteiger partial charge in [0, 0.05) is 13.0 Å². The van der Waals surface area contributed by atoms with Crippen molar-refractivity contribution in [1.29, 1.82) is 0 Å². The van der Waals surface area contributed by atoms with Crippen LogP contribution in [0.1, 0.15) is 38.3 Å². The molecule has 0 bridgehead atoms. The SMILES string of the molecule is Cc1ccc(CCCNC(=O)[C@H](Cc2ccccc2)NC(=O)c2cccs2)c(C)c1. The smallest absolute Gasteiger partial charge is 0.262 e. The Morgan fingerprint density at radius 1 is 1.00 bits per heavy atom. The number of aryl methyl sites for hydroxylation is 3. The van der Waals surface area contributed by atoms with Crippen molar-refractivity contribution in [3.63, 3.8) is 0 Å². The molecule has 2 N–H and O–H groups in total. The van der Waals surface area contributed by atoms with E-state index in [1.165, 1.54) is 28.0 Å². The lowest BCUT2D eigenvalue weighted by Gasteiger charge is -2.18. The van der Waals surface area contributed by atoms with E-state index in [4.69, 9.17) is 0 Å². The van der Waals surface area contributed by atoms with Crippen LogP contribution in [0, 0.1) is 13.8 Å². The van der Waals surface area contributed by atoms with Crippen molar-refractivity contribution in [3.8, 4) is 0 Å². The van der Waals surface area contributed by atoms with Gasteiger partial charge in [-0.25, -0.2) is 0 Å². The molecule has 156 valence electrons. The molecule has 4 nitrogen and oxygen atoms in total. The van der Waals surface area contributed by atoms with E-state index in [0.29, 0.717) is 17.8 Å². The molecule has 0 saturated carbocycles. The lowest BCUT2D eigenvalue weighted by atomic mass is 10.0. The van der Waals surface area contributed by atoms with Gasteiger partial charge in [0.25, 0.3) is 5.91 Å². The van der Waals surface area contributed by atoms with Crippen molar-refractivity contribution in [2.24, 2.45) is 0 Å². The zero-order chi connectivity index (χ0) is 21.3. The predicted molar refractivity (Wildman–Crippen MR) is 123 cm³/mol. The van der Waals surface area contributed by atoms with Crippen LogP contribution >= 0.6 is 11.3 Å². The van der Waals surface area contributed by atoms with E-state index in [0.717, 1.165) is 18.4 Å². The first-order valence-electron chi connectivity index (χ1n) is 10.2. The predicted octanol–water partition coefficient (Wildman–Crippen LogP) is 4.46. The Kier molecular flexibility index (Phi) is 7.80. The van der Waals surface area contributed by atoms with E-state index < -0.39 is 6.04 Å². The maximum Gasteiger partial charge on any atom is 0.262 e. The van der Waals surface area contributed by atoms with Gasteiger partial charge in [0.15, 0.2) is 0 Å². The van der Waals surface area contributed by atoms with Crippen LogP contribution in [0.15, 0.2) is 66.0 Å². The first-order chi connectivity index (χ1) is 14.5. The van der Waals surface area contributed by atoms with Crippen LogP contribution in [0.2, 0.25) is 0 Å². The first-order valence-corrected chi connectivity index (χ1v) is 11.1. The topological polar surface area (TPSA) is 58.2 Å². The highest BCUT2D eigenvalue weighted by atomic mass is 32.1. The highest BCUT2D eigenvalue weighted by molar-refractivity contribution is 7.12. The van der Waals surface area contributed by atoms with Crippen molar-refractivity contribution in [1.82, 2.24) is 10.6 Å². The minimum absolute atomic E-state index is 0.149. The monoisotopic (exact) mass is 420 g/mol. The molecule has 1 heterocycles. The summed E-state index contributed by atoms with van der Waals surface area (Å²) in [6.07, 6.45) is 2.23. The number of hydrogen-bond donors (Lipinski definition) is 2. The second-order valence-electron chi connectivity index (χ2n) is 7.52. The zero-order valence-corrected chi connectivity index (χ0v) is 18.3. The average Bonchev–Trinajstić information content (AvgIpc) is 3.27. The number of rotatable bonds is 9. The Morgan fingerprint density at radius 2 is 1.80 bits per heavy atom. The molecule has 1 aromatic heterocycles. The number of nitrogens with one attached hydrogen (secondary N) is 2. The highest BCUT2D eigenvalue weighted by Gasteiger charge is 2.22. The fourth-order valence-electron chi connectivity index (χ4n) is 3.44. The molecule has 30 heavy (non-hydrogen) atoms. The summed E-state index contributed by atoms with van der Waals surface area (Å²) in [4.78, 5) is 26.0. The van der Waals surface area contributed by atoms with Crippen LogP contribution in [-0.2, 0) is 17.6 Å². The molecule has 2 aromatic carbocycles. The summed E-state index contributed by atoms with van der Waals surface area (Å²) in [6, 6.07) is 19.2. The van der Waals surface area contributed by atoms with Crippen molar-refractivity contribution >= 4 is 23.2 Å². The highest BCUT2D eigenvalue weighted by Crippen LogP contribution is 2.13. The van der Waals surface area contributed by atoms with Crippen LogP contribution in [-0.4, -0.2) is 24.4 Å². The second-order valence-corrected chi connectivity index (χ2v) is 8.47. The Hall–Kier alpha value is -2.92. The quantitative estimate of drug-likeness (QED) is 0.502. The molecule has 3 aromatic rings. The molecule has 0 saturated heterocycles. The molecule has 1 atom stereocenters. The molecule has 0 radical (unpaired) electrons. The van der Waals surface area contributed by atoms with Gasteiger partial charge < -0.3 is 10.6 Å². The number of benzene rings is 2. The standard InChI is InChI=1S/C25H28N2O2S/c1-18-12-13-21(19(2)16-18)10-6-14-26-24(28)22(17-20-8-4-3-5-9-20)27-25(29)23-11-7-15-30-23/h3-5,7-9,11-13,15-16,22H,6,10,14,17H2,1-2H3,(H,26,28)(H,27,29)/t22-/m0/s1. The summed E-state index contributed by atoms with van der Waals surface area (Å²) in [5, 5.41) is 7.76. The summed E-state index contributed by atoms with van der Waals surface area (Å²) in [7, 11) is 0. The summed E-state index contributed by atoms with van der Waals surface area (Å²) in [5.74, 6) is -0.360. The lowest BCUT2D eigenvalue weighted by Crippen LogP contribution is -2.48. The summed E-state index contributed by atoms with van der Waals surface area (Å²) < 4.78 is 0. The third-order valence-electron chi connectivity index (χ3n) is 5.07. The molecule has 0 fully saturated rings. The van der Waals surface area contributed by atoms with E-state index in [9.17, 15) is 9.59 Å². The average molecular weight is 421 g/mol. The maximum atomic E-state index is 12.9. The number of carbonyl (C=O) groups excluding carboxylic acids is 2. The van der Waals surface area contributed by atoms with Gasteiger partial charge in [0.1, 0.15) is 6.04 Å². The van der Waals surface area contributed by atoms with Gasteiger partial charge >= 0.3 is 0 Å². The molecule has 2 amide bonds. The van der Waals surface area contributed by atoms with Crippen LogP contribution < -0.4 is 10.6 Å². The van der Waals surface area contributed by atoms with Crippen molar-refractivity contribution in [3.05, 3.63) is 93.2 Å². The van der Waals surface area contributed by atoms with E-state index in [2.05, 4.69) is 42.7 Å². The van der Waals surface area contributed by atoms with Gasteiger partial charge in [-0.15, -0.1) is 11.3 Å². The Morgan fingerprint density at radius 3 is 2.50 bits per heavy atom. The molecule has 3 rings (SSSR count). The molecule has 0 aliphatic carbocycles. The van der Waals surface area contributed by atoms with Crippen LogP contribution in [0.3, 0.4) is 0 Å². The maximum absolute atomic E-state index is 12.9. The van der Waals surface area contributed by atoms with E-state index in [1.807, 2.05) is 41.8 Å². The van der Waals surface area contributed by atoms with E-state index in [-0.39, 0.29) is 11.8 Å². The van der Waals surface area contributed by atoms with E-state index in [1.54, 1.807) is 6.07 Å². The molecular formula is C25H28N2O2S. The first kappa shape index (κ1) is 21.8. The van der Waals surface area contributed by atoms with Crippen LogP contribution in [0.4, 0.5) is 0 Å². The zero-order valence-electron chi connectivity index (χ0n) is 17.5. The molecule has 5 heteroatoms. The van der Waals surface area contributed by atoms with Crippen LogP contribution in [0.25, 0.3) is 0 Å². The molecular weight excluding hydrogens is 392 g/mol. The number of amides is 2. The Balaban J connectivity index is 1.57. The molecule has 0 aliphatic heterocycles. The molecule has 0 spiro atoms. The second kappa shape index (κ2) is 10.7. The molecule has 0 aliphatic rings. The number of carbonyl (C=O) groups is 2. The van der Waals surface area contributed by atoms with Gasteiger partial charge in [-0.2, -0.15) is 0 Å². The fourth-order valence-corrected chi connectivity index (χ4v) is 4.06. The summed E-state index contributed by atoms with van der Waals surface area (Å²) in [5.41, 5.74) is 4.86. The van der Waals surface area contributed by atoms with Gasteiger partial charge in [0.2, 0.25) is 5.91 Å². The fraction of sp³-hybridized carbons (Fsp3) is 0.280. The minimum atomic E-state index is -0.608. The normalized spacial score (nSPS) is 11.7. The number of hydrogen-bond acceptors (Lipinski definition) is 3. The van der Waals surface area contributed by atoms with E-state index >= 15 is 0 Å². The summed E-state index contributed by atoms with van der Waals surface area (Å²) in [6.45, 7) is 4.79. The molecule has 0 unspecified atom stereocenters. The third-order valence-corrected chi connectivity index (χ3v) is 5.94. The summed E-state index contributed by atoms with van der Waals surface area (Å²) >= 11 is 1.37. The van der Waals surface area contributed by atoms with Gasteiger partial charge in [-0.1, -0.05) is 60.2 Å². The largest absolute Gasteiger partial charge is 0.354 e. The van der Waals surface area contributed by atoms with Crippen molar-refractivity contribution in [2.45, 2.75) is 39.2 Å². The Labute approximate surface area is 182 Å². The van der Waals surface area contributed by atoms with Gasteiger partial charge in [-0.3, -0.25) is 9.59 Å². The van der Waals surface area contributed by atoms with Gasteiger partial charge in [-0.05, 0) is 54.8 Å². The minimum Gasteiger partial charge on any atom is -0.354 e.